The third kappa shape index (κ3) is 2.24. The number of aromatic nitrogens is 2. The molecule has 0 aliphatic rings. The van der Waals surface area contributed by atoms with Crippen LogP contribution in [0.3, 0.4) is 0 Å². The van der Waals surface area contributed by atoms with E-state index in [0.29, 0.717) is 0 Å². The Morgan fingerprint density at radius 2 is 2.29 bits per heavy atom. The fraction of sp³-hybridized carbons (Fsp3) is 0.286. The first-order valence-corrected chi connectivity index (χ1v) is 4.29. The highest BCUT2D eigenvalue weighted by atomic mass is 35.5. The van der Waals surface area contributed by atoms with Gasteiger partial charge in [0.1, 0.15) is 11.6 Å². The first-order valence-electron chi connectivity index (χ1n) is 3.54. The van der Waals surface area contributed by atoms with Crippen LogP contribution in [0.2, 0.25) is 10.0 Å². The van der Waals surface area contributed by atoms with Crippen LogP contribution < -0.4 is 5.56 Å². The molecule has 0 radical (unpaired) electrons. The molecule has 14 heavy (non-hydrogen) atoms. The summed E-state index contributed by atoms with van der Waals surface area (Å²) in [5.74, 6) is -0.585. The summed E-state index contributed by atoms with van der Waals surface area (Å²) in [6, 6.07) is 0. The van der Waals surface area contributed by atoms with E-state index in [1.54, 1.807) is 0 Å². The molecule has 0 bridgehead atoms. The minimum Gasteiger partial charge on any atom is -0.468 e. The number of nitrogens with zero attached hydrogens (tertiary/aromatic N) is 2. The number of methoxy groups -OCH3 is 1. The second-order valence-corrected chi connectivity index (χ2v) is 3.13. The van der Waals surface area contributed by atoms with Gasteiger partial charge < -0.3 is 4.74 Å². The van der Waals surface area contributed by atoms with Gasteiger partial charge in [0.15, 0.2) is 0 Å². The van der Waals surface area contributed by atoms with Gasteiger partial charge in [-0.05, 0) is 0 Å². The molecule has 0 unspecified atom stereocenters. The highest BCUT2D eigenvalue weighted by Crippen LogP contribution is 2.14. The Labute approximate surface area is 89.2 Å². The number of esters is 1. The molecule has 0 spiro atoms. The Morgan fingerprint density at radius 1 is 1.64 bits per heavy atom. The van der Waals surface area contributed by atoms with E-state index in [1.807, 2.05) is 0 Å². The van der Waals surface area contributed by atoms with E-state index in [1.165, 1.54) is 13.3 Å². The Bertz CT molecular complexity index is 416. The maximum absolute atomic E-state index is 11.3. The number of rotatable bonds is 2. The molecule has 1 aromatic rings. The van der Waals surface area contributed by atoms with Crippen molar-refractivity contribution in [1.82, 2.24) is 9.78 Å². The van der Waals surface area contributed by atoms with Crippen LogP contribution in [0.1, 0.15) is 0 Å². The summed E-state index contributed by atoms with van der Waals surface area (Å²) in [7, 11) is 1.21. The molecule has 7 heteroatoms. The second-order valence-electron chi connectivity index (χ2n) is 2.35. The normalized spacial score (nSPS) is 9.93. The highest BCUT2D eigenvalue weighted by Gasteiger charge is 2.10. The first kappa shape index (κ1) is 11.0. The summed E-state index contributed by atoms with van der Waals surface area (Å²) in [5, 5.41) is 3.51. The number of hydrogen-bond acceptors (Lipinski definition) is 4. The summed E-state index contributed by atoms with van der Waals surface area (Å²) in [4.78, 5) is 22.1. The predicted octanol–water partition coefficient (Wildman–Crippen LogP) is 0.723. The lowest BCUT2D eigenvalue weighted by Gasteiger charge is -2.03. The molecule has 0 saturated heterocycles. The molecular weight excluding hydrogens is 231 g/mol. The van der Waals surface area contributed by atoms with Crippen LogP contribution in [0.25, 0.3) is 0 Å². The van der Waals surface area contributed by atoms with Crippen LogP contribution in [-0.2, 0) is 16.1 Å². The van der Waals surface area contributed by atoms with Gasteiger partial charge in [-0.25, -0.2) is 4.68 Å². The zero-order chi connectivity index (χ0) is 10.7. The first-order chi connectivity index (χ1) is 6.56. The number of ether oxygens (including phenoxy) is 1. The van der Waals surface area contributed by atoms with Gasteiger partial charge in [-0.2, -0.15) is 5.10 Å². The summed E-state index contributed by atoms with van der Waals surface area (Å²) in [6.45, 7) is -0.285. The second kappa shape index (κ2) is 4.43. The van der Waals surface area contributed by atoms with E-state index < -0.39 is 11.5 Å². The summed E-state index contributed by atoms with van der Waals surface area (Å²) in [6.07, 6.45) is 1.19. The van der Waals surface area contributed by atoms with Crippen LogP contribution in [-0.4, -0.2) is 22.9 Å². The van der Waals surface area contributed by atoms with Crippen molar-refractivity contribution in [2.24, 2.45) is 0 Å². The molecule has 0 amide bonds. The van der Waals surface area contributed by atoms with E-state index >= 15 is 0 Å². The molecule has 0 aliphatic carbocycles. The largest absolute Gasteiger partial charge is 0.468 e. The van der Waals surface area contributed by atoms with Crippen LogP contribution in [0.5, 0.6) is 0 Å². The smallest absolute Gasteiger partial charge is 0.327 e. The van der Waals surface area contributed by atoms with Crippen molar-refractivity contribution < 1.29 is 9.53 Å². The fourth-order valence-electron chi connectivity index (χ4n) is 0.744. The number of carbonyl (C=O) groups is 1. The maximum atomic E-state index is 11.3. The lowest BCUT2D eigenvalue weighted by molar-refractivity contribution is -0.141. The Balaban J connectivity index is 3.06. The van der Waals surface area contributed by atoms with Gasteiger partial charge in [0.2, 0.25) is 0 Å². The van der Waals surface area contributed by atoms with Crippen molar-refractivity contribution >= 4 is 29.2 Å². The lowest BCUT2D eigenvalue weighted by Crippen LogP contribution is -2.27. The third-order valence-corrected chi connectivity index (χ3v) is 2.20. The molecule has 1 heterocycles. The Hall–Kier alpha value is -1.07. The fourth-order valence-corrected chi connectivity index (χ4v) is 1.02. The van der Waals surface area contributed by atoms with E-state index in [0.717, 1.165) is 4.68 Å². The SMILES string of the molecule is COC(=O)Cn1ncc(Cl)c(Cl)c1=O. The van der Waals surface area contributed by atoms with Crippen molar-refractivity contribution in [3.63, 3.8) is 0 Å². The standard InChI is InChI=1S/C7H6Cl2N2O3/c1-14-5(12)3-11-7(13)6(9)4(8)2-10-11/h2H,3H2,1H3. The predicted molar refractivity (Wildman–Crippen MR) is 50.5 cm³/mol. The average molecular weight is 237 g/mol. The molecule has 0 N–H and O–H groups in total. The molecule has 1 rings (SSSR count). The van der Waals surface area contributed by atoms with Gasteiger partial charge in [-0.3, -0.25) is 9.59 Å². The van der Waals surface area contributed by atoms with Gasteiger partial charge in [0.05, 0.1) is 18.3 Å². The molecule has 0 fully saturated rings. The van der Waals surface area contributed by atoms with E-state index in [9.17, 15) is 9.59 Å². The van der Waals surface area contributed by atoms with Crippen molar-refractivity contribution in [3.05, 3.63) is 26.6 Å². The van der Waals surface area contributed by atoms with Gasteiger partial charge in [0.25, 0.3) is 5.56 Å². The Kier molecular flexibility index (Phi) is 3.49. The topological polar surface area (TPSA) is 61.2 Å². The van der Waals surface area contributed by atoms with Crippen LogP contribution >= 0.6 is 23.2 Å². The van der Waals surface area contributed by atoms with E-state index in [2.05, 4.69) is 9.84 Å². The monoisotopic (exact) mass is 236 g/mol. The molecule has 5 nitrogen and oxygen atoms in total. The van der Waals surface area contributed by atoms with E-state index in [-0.39, 0.29) is 16.6 Å². The van der Waals surface area contributed by atoms with Crippen LogP contribution in [0, 0.1) is 0 Å². The number of halogens is 2. The van der Waals surface area contributed by atoms with Crippen molar-refractivity contribution in [2.45, 2.75) is 6.54 Å². The maximum Gasteiger partial charge on any atom is 0.327 e. The minimum atomic E-state index is -0.621. The van der Waals surface area contributed by atoms with Gasteiger partial charge in [-0.1, -0.05) is 23.2 Å². The number of carbonyl (C=O) groups excluding carboxylic acids is 1. The molecule has 0 saturated carbocycles. The van der Waals surface area contributed by atoms with Crippen molar-refractivity contribution in [3.8, 4) is 0 Å². The molecular formula is C7H6Cl2N2O3. The quantitative estimate of drug-likeness (QED) is 0.711. The average Bonchev–Trinajstić information content (AvgIpc) is 2.19. The molecule has 0 aliphatic heterocycles. The summed E-state index contributed by atoms with van der Waals surface area (Å²) in [5.41, 5.74) is -0.621. The molecule has 76 valence electrons. The van der Waals surface area contributed by atoms with Crippen LogP contribution in [0.4, 0.5) is 0 Å². The number of hydrogen-bond donors (Lipinski definition) is 0. The minimum absolute atomic E-state index is 0.0535. The summed E-state index contributed by atoms with van der Waals surface area (Å²) >= 11 is 11.1. The summed E-state index contributed by atoms with van der Waals surface area (Å²) < 4.78 is 5.24. The van der Waals surface area contributed by atoms with Crippen molar-refractivity contribution in [2.75, 3.05) is 7.11 Å². The molecule has 0 atom stereocenters. The Morgan fingerprint density at radius 3 is 2.86 bits per heavy atom. The zero-order valence-corrected chi connectivity index (χ0v) is 8.67. The highest BCUT2D eigenvalue weighted by molar-refractivity contribution is 6.41. The van der Waals surface area contributed by atoms with Crippen molar-refractivity contribution in [1.29, 1.82) is 0 Å². The molecule has 0 aromatic carbocycles. The van der Waals surface area contributed by atoms with Gasteiger partial charge in [0, 0.05) is 0 Å². The zero-order valence-electron chi connectivity index (χ0n) is 7.16. The van der Waals surface area contributed by atoms with Crippen LogP contribution in [0.15, 0.2) is 11.0 Å². The van der Waals surface area contributed by atoms with E-state index in [4.69, 9.17) is 23.2 Å². The van der Waals surface area contributed by atoms with Gasteiger partial charge >= 0.3 is 5.97 Å². The lowest BCUT2D eigenvalue weighted by atomic mass is 10.5. The molecule has 1 aromatic heterocycles. The van der Waals surface area contributed by atoms with Gasteiger partial charge in [-0.15, -0.1) is 0 Å². The third-order valence-electron chi connectivity index (χ3n) is 1.45.